The van der Waals surface area contributed by atoms with Crippen LogP contribution >= 0.6 is 0 Å². The molecule has 0 radical (unpaired) electrons. The molecule has 0 atom stereocenters. The predicted molar refractivity (Wildman–Crippen MR) is 12.0 cm³/mol. The van der Waals surface area contributed by atoms with E-state index in [1.807, 2.05) is 0 Å². The zero-order valence-corrected chi connectivity index (χ0v) is 3.16. The van der Waals surface area contributed by atoms with Crippen LogP contribution in [0, 0.1) is 0 Å². The molecule has 0 spiro atoms. The van der Waals surface area contributed by atoms with Crippen molar-refractivity contribution in [2.24, 2.45) is 0 Å². The van der Waals surface area contributed by atoms with Crippen molar-refractivity contribution in [2.45, 2.75) is 6.36 Å². The normalized spacial score (nSPS) is 12.0. The van der Waals surface area contributed by atoms with Gasteiger partial charge in [0, 0.05) is 0 Å². The summed E-state index contributed by atoms with van der Waals surface area (Å²) in [6.07, 6.45) is -4.76. The quantitative estimate of drug-likeness (QED) is 0.445. The number of halogens is 3. The fourth-order valence-corrected chi connectivity index (χ4v) is 0.0668. The third kappa shape index (κ3) is 5.71. The van der Waals surface area contributed by atoms with Crippen molar-refractivity contribution in [1.82, 2.24) is 0 Å². The van der Waals surface area contributed by atoms with E-state index in [0.29, 0.717) is 0 Å². The average Bonchev–Trinajstić information content (AvgIpc) is 1.30. The van der Waals surface area contributed by atoms with Crippen LogP contribution in [-0.4, -0.2) is 13.2 Å². The Kier molecular flexibility index (Phi) is 2.04. The van der Waals surface area contributed by atoms with Crippen molar-refractivity contribution in [3.05, 3.63) is 0 Å². The standard InChI is InChI=1S/C2H2F3O2/c3-2(4,5)7-1-6/h1H2/q-1. The minimum atomic E-state index is -4.76. The lowest BCUT2D eigenvalue weighted by Crippen LogP contribution is -2.21. The number of rotatable bonds is 1. The first kappa shape index (κ1) is 6.71. The van der Waals surface area contributed by atoms with Crippen LogP contribution in [0.3, 0.4) is 0 Å². The number of hydrogen-bond donors (Lipinski definition) is 0. The Morgan fingerprint density at radius 3 is 1.86 bits per heavy atom. The van der Waals surface area contributed by atoms with Crippen LogP contribution in [0.5, 0.6) is 0 Å². The van der Waals surface area contributed by atoms with E-state index in [1.165, 1.54) is 0 Å². The molecule has 0 fully saturated rings. The molecule has 0 unspecified atom stereocenters. The molecule has 0 amide bonds. The molecule has 0 aromatic carbocycles. The van der Waals surface area contributed by atoms with Gasteiger partial charge in [0.05, 0.1) is 0 Å². The van der Waals surface area contributed by atoms with Crippen LogP contribution < -0.4 is 5.11 Å². The summed E-state index contributed by atoms with van der Waals surface area (Å²) in [5.74, 6) is 0. The van der Waals surface area contributed by atoms with Crippen LogP contribution in [0.25, 0.3) is 0 Å². The van der Waals surface area contributed by atoms with Gasteiger partial charge < -0.3 is 9.84 Å². The van der Waals surface area contributed by atoms with Crippen molar-refractivity contribution in [3.8, 4) is 0 Å². The van der Waals surface area contributed by atoms with Crippen LogP contribution in [0.1, 0.15) is 0 Å². The molecule has 0 aliphatic heterocycles. The molecule has 0 aromatic rings. The maximum atomic E-state index is 10.6. The van der Waals surface area contributed by atoms with Gasteiger partial charge in [-0.3, -0.25) is 0 Å². The first-order valence-corrected chi connectivity index (χ1v) is 1.35. The van der Waals surface area contributed by atoms with E-state index in [0.717, 1.165) is 0 Å². The van der Waals surface area contributed by atoms with E-state index in [1.54, 1.807) is 0 Å². The summed E-state index contributed by atoms with van der Waals surface area (Å²) in [6, 6.07) is 0. The smallest absolute Gasteiger partial charge is 0.521 e. The first-order valence-electron chi connectivity index (χ1n) is 1.35. The van der Waals surface area contributed by atoms with Gasteiger partial charge >= 0.3 is 6.36 Å². The van der Waals surface area contributed by atoms with Gasteiger partial charge in [-0.15, -0.1) is 13.2 Å². The van der Waals surface area contributed by atoms with Crippen LogP contribution in [0.2, 0.25) is 0 Å². The summed E-state index contributed by atoms with van der Waals surface area (Å²) in [5, 5.41) is 9.00. The molecular formula is C2H2F3O2-. The van der Waals surface area contributed by atoms with Crippen molar-refractivity contribution in [3.63, 3.8) is 0 Å². The number of hydrogen-bond acceptors (Lipinski definition) is 2. The van der Waals surface area contributed by atoms with Crippen LogP contribution in [0.4, 0.5) is 13.2 Å². The van der Waals surface area contributed by atoms with E-state index in [9.17, 15) is 13.2 Å². The van der Waals surface area contributed by atoms with Gasteiger partial charge in [0.15, 0.2) is 0 Å². The molecule has 2 nitrogen and oxygen atoms in total. The third-order valence-electron chi connectivity index (χ3n) is 0.223. The molecule has 5 heteroatoms. The molecule has 0 saturated heterocycles. The van der Waals surface area contributed by atoms with E-state index in [4.69, 9.17) is 5.11 Å². The lowest BCUT2D eigenvalue weighted by molar-refractivity contribution is -0.489. The highest BCUT2D eigenvalue weighted by Crippen LogP contribution is 2.13. The molecule has 0 rings (SSSR count). The minimum absolute atomic E-state index is 1.57. The minimum Gasteiger partial charge on any atom is -0.833 e. The Balaban J connectivity index is 3.15. The average molecular weight is 115 g/mol. The summed E-state index contributed by atoms with van der Waals surface area (Å²) in [4.78, 5) is 0. The van der Waals surface area contributed by atoms with Crippen molar-refractivity contribution in [1.29, 1.82) is 0 Å². The van der Waals surface area contributed by atoms with Crippen molar-refractivity contribution < 1.29 is 23.0 Å². The Bertz CT molecular complexity index is 49.4. The van der Waals surface area contributed by atoms with Crippen molar-refractivity contribution >= 4 is 0 Å². The summed E-state index contributed by atoms with van der Waals surface area (Å²) in [6.45, 7) is -1.57. The summed E-state index contributed by atoms with van der Waals surface area (Å²) < 4.78 is 34.6. The van der Waals surface area contributed by atoms with Gasteiger partial charge in [-0.2, -0.15) is 0 Å². The fourth-order valence-electron chi connectivity index (χ4n) is 0.0668. The number of ether oxygens (including phenoxy) is 1. The van der Waals surface area contributed by atoms with E-state index < -0.39 is 13.2 Å². The molecule has 0 aromatic heterocycles. The zero-order valence-electron chi connectivity index (χ0n) is 3.16. The zero-order chi connectivity index (χ0) is 5.91. The van der Waals surface area contributed by atoms with Crippen LogP contribution in [0.15, 0.2) is 0 Å². The van der Waals surface area contributed by atoms with E-state index >= 15 is 0 Å². The largest absolute Gasteiger partial charge is 0.833 e. The Morgan fingerprint density at radius 2 is 1.86 bits per heavy atom. The second-order valence-electron chi connectivity index (χ2n) is 0.708. The predicted octanol–water partition coefficient (Wildman–Crippen LogP) is -0.159. The highest BCUT2D eigenvalue weighted by molar-refractivity contribution is 4.16. The van der Waals surface area contributed by atoms with Crippen molar-refractivity contribution in [2.75, 3.05) is 6.79 Å². The van der Waals surface area contributed by atoms with E-state index in [2.05, 4.69) is 4.74 Å². The molecule has 0 heterocycles. The number of alkyl halides is 3. The molecule has 0 N–H and O–H groups in total. The van der Waals surface area contributed by atoms with Gasteiger partial charge in [-0.25, -0.2) is 0 Å². The van der Waals surface area contributed by atoms with Gasteiger partial charge in [-0.05, 0) is 6.79 Å². The topological polar surface area (TPSA) is 32.3 Å². The maximum absolute atomic E-state index is 10.6. The second-order valence-corrected chi connectivity index (χ2v) is 0.708. The third-order valence-corrected chi connectivity index (χ3v) is 0.223. The SMILES string of the molecule is [O-]COC(F)(F)F. The monoisotopic (exact) mass is 115 g/mol. The first-order chi connectivity index (χ1) is 3.06. The van der Waals surface area contributed by atoms with E-state index in [-0.39, 0.29) is 0 Å². The maximum Gasteiger partial charge on any atom is 0.521 e. The lowest BCUT2D eigenvalue weighted by Gasteiger charge is -2.07. The summed E-state index contributed by atoms with van der Waals surface area (Å²) >= 11 is 0. The summed E-state index contributed by atoms with van der Waals surface area (Å²) in [7, 11) is 0. The Labute approximate surface area is 37.5 Å². The summed E-state index contributed by atoms with van der Waals surface area (Å²) in [5.41, 5.74) is 0. The van der Waals surface area contributed by atoms with Gasteiger partial charge in [0.2, 0.25) is 0 Å². The second kappa shape index (κ2) is 2.13. The highest BCUT2D eigenvalue weighted by atomic mass is 19.4. The lowest BCUT2D eigenvalue weighted by atomic mass is 11.3. The molecular weight excluding hydrogens is 113 g/mol. The molecule has 7 heavy (non-hydrogen) atoms. The molecule has 0 aliphatic carbocycles. The molecule has 0 aliphatic rings. The van der Waals surface area contributed by atoms with Gasteiger partial charge in [0.25, 0.3) is 0 Å². The Hall–Kier alpha value is -0.290. The molecule has 0 bridgehead atoms. The molecule has 0 saturated carbocycles. The van der Waals surface area contributed by atoms with Crippen LogP contribution in [-0.2, 0) is 4.74 Å². The Morgan fingerprint density at radius 1 is 1.43 bits per heavy atom. The molecule has 44 valence electrons. The fraction of sp³-hybridized carbons (Fsp3) is 1.00. The van der Waals surface area contributed by atoms with Gasteiger partial charge in [-0.1, -0.05) is 0 Å². The highest BCUT2D eigenvalue weighted by Gasteiger charge is 2.26. The van der Waals surface area contributed by atoms with Gasteiger partial charge in [0.1, 0.15) is 0 Å².